The molecule has 2 fully saturated rings. The Morgan fingerprint density at radius 2 is 2.15 bits per heavy atom. The molecule has 20 heavy (non-hydrogen) atoms. The Kier molecular flexibility index (Phi) is 2.70. The van der Waals surface area contributed by atoms with Gasteiger partial charge in [-0.1, -0.05) is 6.42 Å². The fourth-order valence-corrected chi connectivity index (χ4v) is 3.19. The normalized spacial score (nSPS) is 23.4. The second kappa shape index (κ2) is 4.45. The van der Waals surface area contributed by atoms with E-state index in [1.54, 1.807) is 4.52 Å². The fourth-order valence-electron chi connectivity index (χ4n) is 3.19. The van der Waals surface area contributed by atoms with Crippen LogP contribution >= 0.6 is 0 Å². The number of piperidine rings is 1. The Balaban J connectivity index is 1.82. The number of nitrogens with one attached hydrogen (secondary N) is 2. The van der Waals surface area contributed by atoms with Gasteiger partial charge in [0.2, 0.25) is 0 Å². The first-order valence-electron chi connectivity index (χ1n) is 7.59. The van der Waals surface area contributed by atoms with Gasteiger partial charge in [0.05, 0.1) is 11.4 Å². The van der Waals surface area contributed by atoms with Crippen LogP contribution in [-0.2, 0) is 0 Å². The van der Waals surface area contributed by atoms with E-state index in [9.17, 15) is 4.79 Å². The number of rotatable bonds is 2. The summed E-state index contributed by atoms with van der Waals surface area (Å²) in [6.07, 6.45) is 5.94. The molecule has 3 heterocycles. The molecule has 5 heteroatoms. The van der Waals surface area contributed by atoms with Crippen molar-refractivity contribution in [3.8, 4) is 0 Å². The maximum absolute atomic E-state index is 12.4. The van der Waals surface area contributed by atoms with Crippen molar-refractivity contribution in [1.29, 1.82) is 0 Å². The van der Waals surface area contributed by atoms with Gasteiger partial charge in [0.1, 0.15) is 0 Å². The summed E-state index contributed by atoms with van der Waals surface area (Å²) in [6, 6.07) is 2.37. The molecular weight excluding hydrogens is 252 g/mol. The Morgan fingerprint density at radius 3 is 2.85 bits per heavy atom. The monoisotopic (exact) mass is 272 g/mol. The zero-order chi connectivity index (χ0) is 13.7. The average molecular weight is 272 g/mol. The van der Waals surface area contributed by atoms with Crippen LogP contribution in [0.5, 0.6) is 0 Å². The van der Waals surface area contributed by atoms with Crippen molar-refractivity contribution in [2.75, 3.05) is 6.54 Å². The minimum atomic E-state index is 0.0546. The predicted molar refractivity (Wildman–Crippen MR) is 77.1 cm³/mol. The minimum absolute atomic E-state index is 0.0546. The van der Waals surface area contributed by atoms with E-state index >= 15 is 0 Å². The van der Waals surface area contributed by atoms with Crippen molar-refractivity contribution in [3.05, 3.63) is 33.4 Å². The molecule has 5 nitrogen and oxygen atoms in total. The Hall–Kier alpha value is -1.62. The van der Waals surface area contributed by atoms with Gasteiger partial charge in [0.15, 0.2) is 5.65 Å². The van der Waals surface area contributed by atoms with E-state index in [0.29, 0.717) is 12.0 Å². The molecule has 0 spiro atoms. The number of aromatic amines is 1. The second-order valence-electron chi connectivity index (χ2n) is 6.11. The second-order valence-corrected chi connectivity index (χ2v) is 6.11. The van der Waals surface area contributed by atoms with Crippen LogP contribution in [0.15, 0.2) is 10.9 Å². The highest BCUT2D eigenvalue weighted by Gasteiger charge is 2.29. The molecule has 0 aromatic carbocycles. The van der Waals surface area contributed by atoms with Crippen molar-refractivity contribution >= 4 is 5.65 Å². The third-order valence-corrected chi connectivity index (χ3v) is 4.55. The Bertz CT molecular complexity index is 704. The molecule has 4 rings (SSSR count). The van der Waals surface area contributed by atoms with Crippen LogP contribution in [0.4, 0.5) is 0 Å². The summed E-state index contributed by atoms with van der Waals surface area (Å²) >= 11 is 0. The van der Waals surface area contributed by atoms with Crippen molar-refractivity contribution < 1.29 is 0 Å². The molecule has 2 aromatic rings. The number of hydrogen-bond acceptors (Lipinski definition) is 3. The topological polar surface area (TPSA) is 62.2 Å². The van der Waals surface area contributed by atoms with Crippen LogP contribution in [0, 0.1) is 6.92 Å². The first-order valence-corrected chi connectivity index (χ1v) is 7.59. The zero-order valence-corrected chi connectivity index (χ0v) is 11.8. The molecule has 1 aliphatic carbocycles. The van der Waals surface area contributed by atoms with E-state index in [1.807, 2.05) is 13.0 Å². The molecule has 1 saturated carbocycles. The van der Waals surface area contributed by atoms with Gasteiger partial charge < -0.3 is 5.32 Å². The van der Waals surface area contributed by atoms with Gasteiger partial charge in [-0.15, -0.1) is 0 Å². The quantitative estimate of drug-likeness (QED) is 0.879. The predicted octanol–water partition coefficient (Wildman–Crippen LogP) is 2.02. The van der Waals surface area contributed by atoms with E-state index in [1.165, 1.54) is 25.7 Å². The molecule has 2 aliphatic rings. The Labute approximate surface area is 117 Å². The summed E-state index contributed by atoms with van der Waals surface area (Å²) in [4.78, 5) is 17.2. The van der Waals surface area contributed by atoms with Crippen LogP contribution in [0.1, 0.15) is 61.0 Å². The van der Waals surface area contributed by atoms with Gasteiger partial charge in [0, 0.05) is 23.6 Å². The molecule has 1 aliphatic heterocycles. The summed E-state index contributed by atoms with van der Waals surface area (Å²) in [7, 11) is 0. The summed E-state index contributed by atoms with van der Waals surface area (Å²) < 4.78 is 1.60. The third-order valence-electron chi connectivity index (χ3n) is 4.55. The fraction of sp³-hybridized carbons (Fsp3) is 0.600. The highest BCUT2D eigenvalue weighted by molar-refractivity contribution is 5.43. The average Bonchev–Trinajstić information content (AvgIpc) is 3.23. The van der Waals surface area contributed by atoms with Crippen LogP contribution < -0.4 is 10.9 Å². The van der Waals surface area contributed by atoms with Gasteiger partial charge in [-0.3, -0.25) is 9.89 Å². The molecule has 1 saturated heterocycles. The largest absolute Gasteiger partial charge is 0.309 e. The van der Waals surface area contributed by atoms with Gasteiger partial charge in [-0.2, -0.15) is 0 Å². The lowest BCUT2D eigenvalue weighted by molar-refractivity contribution is 0.404. The molecule has 0 unspecified atom stereocenters. The lowest BCUT2D eigenvalue weighted by atomic mass is 10.0. The van der Waals surface area contributed by atoms with Crippen LogP contribution in [0.25, 0.3) is 5.65 Å². The molecule has 106 valence electrons. The SMILES string of the molecule is Cc1c(C2CC2)nc2cc([C@@H]3CCCCN3)[nH]n2c1=O. The Morgan fingerprint density at radius 1 is 1.30 bits per heavy atom. The van der Waals surface area contributed by atoms with Crippen LogP contribution in [0.2, 0.25) is 0 Å². The molecule has 0 bridgehead atoms. The van der Waals surface area contributed by atoms with E-state index in [2.05, 4.69) is 10.4 Å². The number of fused-ring (bicyclic) bond motifs is 1. The number of aromatic nitrogens is 3. The first kappa shape index (κ1) is 12.1. The maximum Gasteiger partial charge on any atom is 0.275 e. The number of H-pyrrole nitrogens is 1. The highest BCUT2D eigenvalue weighted by atomic mass is 16.1. The zero-order valence-electron chi connectivity index (χ0n) is 11.8. The van der Waals surface area contributed by atoms with Crippen molar-refractivity contribution in [1.82, 2.24) is 19.9 Å². The summed E-state index contributed by atoms with van der Waals surface area (Å²) in [5, 5.41) is 6.75. The first-order chi connectivity index (χ1) is 9.74. The standard InChI is InChI=1S/C15H20N4O/c1-9-14(10-5-6-10)17-13-8-12(18-19(13)15(9)20)11-4-2-3-7-16-11/h8,10-11,16,18H,2-7H2,1H3/t11-/m0/s1. The van der Waals surface area contributed by atoms with Gasteiger partial charge in [-0.25, -0.2) is 9.50 Å². The van der Waals surface area contributed by atoms with Gasteiger partial charge in [-0.05, 0) is 39.2 Å². The van der Waals surface area contributed by atoms with Crippen molar-refractivity contribution in [3.63, 3.8) is 0 Å². The van der Waals surface area contributed by atoms with Gasteiger partial charge in [0.25, 0.3) is 5.56 Å². The molecule has 2 N–H and O–H groups in total. The lowest BCUT2D eigenvalue weighted by Gasteiger charge is -2.21. The molecule has 0 radical (unpaired) electrons. The molecule has 1 atom stereocenters. The summed E-state index contributed by atoms with van der Waals surface area (Å²) in [6.45, 7) is 2.95. The molecular formula is C15H20N4O. The minimum Gasteiger partial charge on any atom is -0.309 e. The third kappa shape index (κ3) is 1.88. The smallest absolute Gasteiger partial charge is 0.275 e. The van der Waals surface area contributed by atoms with E-state index in [4.69, 9.17) is 4.98 Å². The van der Waals surface area contributed by atoms with E-state index in [-0.39, 0.29) is 5.56 Å². The van der Waals surface area contributed by atoms with E-state index in [0.717, 1.165) is 35.6 Å². The number of hydrogen-bond donors (Lipinski definition) is 2. The number of nitrogens with zero attached hydrogens (tertiary/aromatic N) is 2. The van der Waals surface area contributed by atoms with Crippen LogP contribution in [0.3, 0.4) is 0 Å². The summed E-state index contributed by atoms with van der Waals surface area (Å²) in [5.74, 6) is 0.513. The van der Waals surface area contributed by atoms with E-state index < -0.39 is 0 Å². The van der Waals surface area contributed by atoms with Crippen molar-refractivity contribution in [2.45, 2.75) is 51.0 Å². The maximum atomic E-state index is 12.4. The molecule has 2 aromatic heterocycles. The van der Waals surface area contributed by atoms with Crippen molar-refractivity contribution in [2.24, 2.45) is 0 Å². The highest BCUT2D eigenvalue weighted by Crippen LogP contribution is 2.39. The molecule has 0 amide bonds. The lowest BCUT2D eigenvalue weighted by Crippen LogP contribution is -2.27. The summed E-state index contributed by atoms with van der Waals surface area (Å²) in [5.41, 5.74) is 3.72. The van der Waals surface area contributed by atoms with Gasteiger partial charge >= 0.3 is 0 Å². The van der Waals surface area contributed by atoms with Crippen LogP contribution in [-0.4, -0.2) is 21.1 Å².